The van der Waals surface area contributed by atoms with E-state index in [0.717, 1.165) is 26.1 Å². The van der Waals surface area contributed by atoms with Gasteiger partial charge in [-0.25, -0.2) is 0 Å². The first kappa shape index (κ1) is 13.2. The van der Waals surface area contributed by atoms with E-state index in [9.17, 15) is 0 Å². The number of hydrogen-bond donors (Lipinski definition) is 1. The third-order valence-corrected chi connectivity index (χ3v) is 5.09. The lowest BCUT2D eigenvalue weighted by Crippen LogP contribution is -2.33. The summed E-state index contributed by atoms with van der Waals surface area (Å²) < 4.78 is 5.03. The van der Waals surface area contributed by atoms with Crippen molar-refractivity contribution in [3.05, 3.63) is 0 Å². The molecule has 1 N–H and O–H groups in total. The summed E-state index contributed by atoms with van der Waals surface area (Å²) in [6.07, 6.45) is 7.91. The number of rotatable bonds is 5. The molecule has 98 valence electrons. The van der Waals surface area contributed by atoms with Gasteiger partial charge in [-0.3, -0.25) is 4.99 Å². The maximum atomic E-state index is 5.03. The Balaban J connectivity index is 1.64. The lowest BCUT2D eigenvalue weighted by molar-refractivity contribution is 0.193. The quantitative estimate of drug-likeness (QED) is 0.768. The number of unbranched alkanes of at least 4 members (excludes halogenated alkanes) is 1. The van der Waals surface area contributed by atoms with Crippen LogP contribution >= 0.6 is 11.8 Å². The molecule has 4 heteroatoms. The number of aliphatic imine (C=N–C) groups is 1. The van der Waals surface area contributed by atoms with E-state index in [2.05, 4.69) is 5.32 Å². The SMILES string of the molecule is COCCCCNC1=NCC2(CCCC2)CS1. The average Bonchev–Trinajstić information content (AvgIpc) is 2.80. The lowest BCUT2D eigenvalue weighted by atomic mass is 9.89. The second-order valence-corrected chi connectivity index (χ2v) is 6.21. The molecular weight excluding hydrogens is 232 g/mol. The van der Waals surface area contributed by atoms with Crippen molar-refractivity contribution >= 4 is 16.9 Å². The summed E-state index contributed by atoms with van der Waals surface area (Å²) in [5, 5.41) is 4.61. The van der Waals surface area contributed by atoms with Crippen LogP contribution in [0.15, 0.2) is 4.99 Å². The van der Waals surface area contributed by atoms with Crippen molar-refractivity contribution in [1.29, 1.82) is 0 Å². The first-order chi connectivity index (χ1) is 8.35. The van der Waals surface area contributed by atoms with Crippen LogP contribution < -0.4 is 5.32 Å². The Bertz CT molecular complexity index is 262. The molecule has 0 saturated heterocycles. The van der Waals surface area contributed by atoms with Gasteiger partial charge in [-0.05, 0) is 31.1 Å². The fourth-order valence-corrected chi connectivity index (χ4v) is 3.84. The van der Waals surface area contributed by atoms with Gasteiger partial charge in [-0.2, -0.15) is 0 Å². The van der Waals surface area contributed by atoms with E-state index in [0.29, 0.717) is 5.41 Å². The van der Waals surface area contributed by atoms with Gasteiger partial charge in [0.2, 0.25) is 0 Å². The fourth-order valence-electron chi connectivity index (χ4n) is 2.65. The van der Waals surface area contributed by atoms with Gasteiger partial charge in [-0.15, -0.1) is 0 Å². The van der Waals surface area contributed by atoms with Gasteiger partial charge in [0.25, 0.3) is 0 Å². The summed E-state index contributed by atoms with van der Waals surface area (Å²) >= 11 is 1.93. The van der Waals surface area contributed by atoms with Gasteiger partial charge in [0.05, 0.1) is 0 Å². The predicted molar refractivity (Wildman–Crippen MR) is 74.8 cm³/mol. The van der Waals surface area contributed by atoms with Crippen molar-refractivity contribution in [2.24, 2.45) is 10.4 Å². The molecule has 0 unspecified atom stereocenters. The smallest absolute Gasteiger partial charge is 0.156 e. The predicted octanol–water partition coefficient (Wildman–Crippen LogP) is 2.67. The highest BCUT2D eigenvalue weighted by molar-refractivity contribution is 8.13. The second kappa shape index (κ2) is 6.64. The first-order valence-corrected chi connectivity index (χ1v) is 7.73. The number of methoxy groups -OCH3 is 1. The van der Waals surface area contributed by atoms with Gasteiger partial charge in [0, 0.05) is 32.6 Å². The molecule has 1 heterocycles. The Morgan fingerprint density at radius 1 is 1.35 bits per heavy atom. The highest BCUT2D eigenvalue weighted by Crippen LogP contribution is 2.43. The number of ether oxygens (including phenoxy) is 1. The molecule has 1 aliphatic heterocycles. The van der Waals surface area contributed by atoms with Crippen LogP contribution in [0, 0.1) is 5.41 Å². The first-order valence-electron chi connectivity index (χ1n) is 6.75. The summed E-state index contributed by atoms with van der Waals surface area (Å²) in [5.74, 6) is 1.27. The van der Waals surface area contributed by atoms with E-state index < -0.39 is 0 Å². The van der Waals surface area contributed by atoms with Gasteiger partial charge in [0.15, 0.2) is 5.17 Å². The summed E-state index contributed by atoms with van der Waals surface area (Å²) in [7, 11) is 1.76. The van der Waals surface area contributed by atoms with Crippen LogP contribution in [0.4, 0.5) is 0 Å². The minimum Gasteiger partial charge on any atom is -0.385 e. The molecule has 1 spiro atoms. The van der Waals surface area contributed by atoms with Crippen LogP contribution in [0.2, 0.25) is 0 Å². The van der Waals surface area contributed by atoms with E-state index in [1.807, 2.05) is 11.8 Å². The number of hydrogen-bond acceptors (Lipinski definition) is 4. The molecule has 0 amide bonds. The number of thioether (sulfide) groups is 1. The Morgan fingerprint density at radius 3 is 2.82 bits per heavy atom. The highest BCUT2D eigenvalue weighted by Gasteiger charge is 2.36. The van der Waals surface area contributed by atoms with Crippen LogP contribution in [0.1, 0.15) is 38.5 Å². The monoisotopic (exact) mass is 256 g/mol. The van der Waals surface area contributed by atoms with Gasteiger partial charge in [-0.1, -0.05) is 24.6 Å². The second-order valence-electron chi connectivity index (χ2n) is 5.24. The highest BCUT2D eigenvalue weighted by atomic mass is 32.2. The van der Waals surface area contributed by atoms with E-state index in [1.54, 1.807) is 7.11 Å². The standard InChI is InChI=1S/C13H24N2OS/c1-16-9-5-4-8-14-12-15-10-13(11-17-12)6-2-3-7-13/h2-11H2,1H3,(H,14,15). The third-order valence-electron chi connectivity index (χ3n) is 3.79. The zero-order chi connectivity index (χ0) is 12.0. The molecule has 1 aliphatic carbocycles. The molecule has 0 aromatic rings. The molecule has 2 rings (SSSR count). The normalized spacial score (nSPS) is 22.8. The molecule has 1 fully saturated rings. The van der Waals surface area contributed by atoms with Crippen LogP contribution in [0.25, 0.3) is 0 Å². The maximum Gasteiger partial charge on any atom is 0.156 e. The van der Waals surface area contributed by atoms with Gasteiger partial charge < -0.3 is 10.1 Å². The van der Waals surface area contributed by atoms with Crippen molar-refractivity contribution in [2.45, 2.75) is 38.5 Å². The van der Waals surface area contributed by atoms with Gasteiger partial charge in [0.1, 0.15) is 0 Å². The Morgan fingerprint density at radius 2 is 2.18 bits per heavy atom. The number of amidine groups is 1. The molecule has 0 atom stereocenters. The van der Waals surface area contributed by atoms with E-state index in [-0.39, 0.29) is 0 Å². The molecule has 3 nitrogen and oxygen atoms in total. The van der Waals surface area contributed by atoms with Crippen molar-refractivity contribution in [3.8, 4) is 0 Å². The molecule has 2 aliphatic rings. The van der Waals surface area contributed by atoms with Crippen LogP contribution in [-0.4, -0.2) is 37.7 Å². The lowest BCUT2D eigenvalue weighted by Gasteiger charge is -2.31. The van der Waals surface area contributed by atoms with Gasteiger partial charge >= 0.3 is 0 Å². The Kier molecular flexibility index (Phi) is 5.16. The third kappa shape index (κ3) is 3.88. The topological polar surface area (TPSA) is 33.6 Å². The molecule has 1 saturated carbocycles. The van der Waals surface area contributed by atoms with Crippen LogP contribution in [0.5, 0.6) is 0 Å². The fraction of sp³-hybridized carbons (Fsp3) is 0.923. The Labute approximate surface area is 109 Å². The largest absolute Gasteiger partial charge is 0.385 e. The molecule has 0 aromatic heterocycles. The zero-order valence-electron chi connectivity index (χ0n) is 10.8. The van der Waals surface area contributed by atoms with Crippen molar-refractivity contribution in [1.82, 2.24) is 5.32 Å². The molecule has 0 radical (unpaired) electrons. The summed E-state index contributed by atoms with van der Waals surface area (Å²) in [6.45, 7) is 2.95. The maximum absolute atomic E-state index is 5.03. The van der Waals surface area contributed by atoms with Crippen LogP contribution in [0.3, 0.4) is 0 Å². The summed E-state index contributed by atoms with van der Waals surface area (Å²) in [6, 6.07) is 0. The minimum atomic E-state index is 0.561. The zero-order valence-corrected chi connectivity index (χ0v) is 11.7. The van der Waals surface area contributed by atoms with E-state index in [1.165, 1.54) is 43.0 Å². The molecule has 0 bridgehead atoms. The molecular formula is C13H24N2OS. The number of nitrogens with one attached hydrogen (secondary N) is 1. The summed E-state index contributed by atoms with van der Waals surface area (Å²) in [5.41, 5.74) is 0.561. The molecule has 0 aromatic carbocycles. The van der Waals surface area contributed by atoms with E-state index >= 15 is 0 Å². The molecule has 17 heavy (non-hydrogen) atoms. The minimum absolute atomic E-state index is 0.561. The summed E-state index contributed by atoms with van der Waals surface area (Å²) in [4.78, 5) is 4.72. The number of nitrogens with zero attached hydrogens (tertiary/aromatic N) is 1. The van der Waals surface area contributed by atoms with Crippen molar-refractivity contribution in [3.63, 3.8) is 0 Å². The van der Waals surface area contributed by atoms with Crippen molar-refractivity contribution < 1.29 is 4.74 Å². The average molecular weight is 256 g/mol. The van der Waals surface area contributed by atoms with Crippen LogP contribution in [-0.2, 0) is 4.74 Å². The van der Waals surface area contributed by atoms with E-state index in [4.69, 9.17) is 9.73 Å². The van der Waals surface area contributed by atoms with Crippen molar-refractivity contribution in [2.75, 3.05) is 32.6 Å². The Hall–Kier alpha value is -0.220.